The number of hydrogen-bond donors (Lipinski definition) is 0. The molecule has 0 saturated heterocycles. The molecule has 0 amide bonds. The zero-order valence-corrected chi connectivity index (χ0v) is 13.2. The van der Waals surface area contributed by atoms with E-state index in [1.807, 2.05) is 18.5 Å². The van der Waals surface area contributed by atoms with Crippen LogP contribution in [-0.4, -0.2) is 32.5 Å². The van der Waals surface area contributed by atoms with Crippen molar-refractivity contribution in [2.45, 2.75) is 26.8 Å². The van der Waals surface area contributed by atoms with E-state index < -0.39 is 0 Å². The molecule has 7 heteroatoms. The molecule has 3 heterocycles. The van der Waals surface area contributed by atoms with E-state index in [-0.39, 0.29) is 5.56 Å². The molecule has 3 aromatic heterocycles. The fraction of sp³-hybridized carbons (Fsp3) is 0.500. The van der Waals surface area contributed by atoms with Crippen LogP contribution in [0.15, 0.2) is 11.0 Å². The summed E-state index contributed by atoms with van der Waals surface area (Å²) in [6, 6.07) is 0. The molecule has 0 aliphatic rings. The Bertz CT molecular complexity index is 846. The SMILES string of the molecule is CCCOCCn1ncc2c3sc(C)nc3n(C)c2c1=O. The maximum Gasteiger partial charge on any atom is 0.291 e. The zero-order valence-electron chi connectivity index (χ0n) is 12.4. The van der Waals surface area contributed by atoms with Crippen molar-refractivity contribution in [3.8, 4) is 0 Å². The molecule has 0 spiro atoms. The van der Waals surface area contributed by atoms with Gasteiger partial charge in [-0.1, -0.05) is 6.92 Å². The Balaban J connectivity index is 2.04. The third kappa shape index (κ3) is 2.36. The van der Waals surface area contributed by atoms with Crippen LogP contribution in [0.1, 0.15) is 18.4 Å². The molecule has 3 aromatic rings. The first kappa shape index (κ1) is 14.2. The minimum Gasteiger partial charge on any atom is -0.380 e. The highest BCUT2D eigenvalue weighted by atomic mass is 32.1. The monoisotopic (exact) mass is 306 g/mol. The molecule has 0 saturated carbocycles. The van der Waals surface area contributed by atoms with E-state index in [4.69, 9.17) is 4.74 Å². The van der Waals surface area contributed by atoms with Crippen molar-refractivity contribution in [2.24, 2.45) is 7.05 Å². The van der Waals surface area contributed by atoms with Gasteiger partial charge in [0, 0.05) is 19.0 Å². The minimum atomic E-state index is -0.0852. The molecule has 21 heavy (non-hydrogen) atoms. The average Bonchev–Trinajstić information content (AvgIpc) is 2.96. The Kier molecular flexibility index (Phi) is 3.77. The van der Waals surface area contributed by atoms with Gasteiger partial charge in [-0.15, -0.1) is 11.3 Å². The highest BCUT2D eigenvalue weighted by Crippen LogP contribution is 2.30. The molecule has 0 aliphatic heterocycles. The smallest absolute Gasteiger partial charge is 0.291 e. The van der Waals surface area contributed by atoms with Gasteiger partial charge in [0.1, 0.15) is 5.52 Å². The third-order valence-electron chi connectivity index (χ3n) is 3.43. The largest absolute Gasteiger partial charge is 0.380 e. The lowest BCUT2D eigenvalue weighted by atomic mass is 10.3. The number of thiazole rings is 1. The quantitative estimate of drug-likeness (QED) is 0.677. The number of aryl methyl sites for hydroxylation is 2. The van der Waals surface area contributed by atoms with Gasteiger partial charge >= 0.3 is 0 Å². The van der Waals surface area contributed by atoms with E-state index in [1.165, 1.54) is 4.68 Å². The molecule has 0 bridgehead atoms. The number of hydrogen-bond acceptors (Lipinski definition) is 5. The summed E-state index contributed by atoms with van der Waals surface area (Å²) < 4.78 is 9.79. The van der Waals surface area contributed by atoms with E-state index in [0.29, 0.717) is 25.3 Å². The lowest BCUT2D eigenvalue weighted by Gasteiger charge is -2.06. The standard InChI is InChI=1S/C14H18N4O2S/c1-4-6-20-7-5-18-14(19)11-10(8-15-18)12-13(17(11)3)16-9(2)21-12/h8H,4-7H2,1-3H3. The van der Waals surface area contributed by atoms with Crippen LogP contribution in [0.25, 0.3) is 21.3 Å². The van der Waals surface area contributed by atoms with Crippen LogP contribution in [0.3, 0.4) is 0 Å². The third-order valence-corrected chi connectivity index (χ3v) is 4.42. The van der Waals surface area contributed by atoms with Gasteiger partial charge in [0.15, 0.2) is 5.65 Å². The molecule has 112 valence electrons. The fourth-order valence-corrected chi connectivity index (χ4v) is 3.41. The van der Waals surface area contributed by atoms with E-state index in [2.05, 4.69) is 17.0 Å². The summed E-state index contributed by atoms with van der Waals surface area (Å²) >= 11 is 1.60. The van der Waals surface area contributed by atoms with Gasteiger partial charge in [-0.05, 0) is 13.3 Å². The summed E-state index contributed by atoms with van der Waals surface area (Å²) in [5.41, 5.74) is 1.43. The number of aromatic nitrogens is 4. The average molecular weight is 306 g/mol. The van der Waals surface area contributed by atoms with E-state index >= 15 is 0 Å². The highest BCUT2D eigenvalue weighted by molar-refractivity contribution is 7.19. The van der Waals surface area contributed by atoms with Crippen molar-refractivity contribution < 1.29 is 4.74 Å². The first-order valence-electron chi connectivity index (χ1n) is 7.03. The Labute approximate surface area is 126 Å². The summed E-state index contributed by atoms with van der Waals surface area (Å²) in [5, 5.41) is 6.14. The second-order valence-electron chi connectivity index (χ2n) is 4.99. The van der Waals surface area contributed by atoms with Crippen molar-refractivity contribution in [3.63, 3.8) is 0 Å². The lowest BCUT2D eigenvalue weighted by molar-refractivity contribution is 0.123. The number of nitrogens with zero attached hydrogens (tertiary/aromatic N) is 4. The molecule has 0 aromatic carbocycles. The van der Waals surface area contributed by atoms with Crippen molar-refractivity contribution in [1.82, 2.24) is 19.3 Å². The predicted molar refractivity (Wildman–Crippen MR) is 84.0 cm³/mol. The molecule has 0 atom stereocenters. The van der Waals surface area contributed by atoms with Crippen LogP contribution in [0.2, 0.25) is 0 Å². The van der Waals surface area contributed by atoms with Crippen LogP contribution >= 0.6 is 11.3 Å². The number of ether oxygens (including phenoxy) is 1. The first-order valence-corrected chi connectivity index (χ1v) is 7.84. The topological polar surface area (TPSA) is 61.9 Å². The minimum absolute atomic E-state index is 0.0852. The lowest BCUT2D eigenvalue weighted by Crippen LogP contribution is -2.26. The van der Waals surface area contributed by atoms with E-state index in [1.54, 1.807) is 17.5 Å². The second kappa shape index (κ2) is 5.57. The summed E-state index contributed by atoms with van der Waals surface area (Å²) in [6.45, 7) is 5.71. The maximum atomic E-state index is 12.6. The van der Waals surface area contributed by atoms with Gasteiger partial charge in [-0.25, -0.2) is 9.67 Å². The summed E-state index contributed by atoms with van der Waals surface area (Å²) in [5.74, 6) is 0. The van der Waals surface area contributed by atoms with Crippen molar-refractivity contribution in [3.05, 3.63) is 21.6 Å². The Morgan fingerprint density at radius 2 is 2.19 bits per heavy atom. The number of fused-ring (bicyclic) bond motifs is 3. The molecule has 0 radical (unpaired) electrons. The van der Waals surface area contributed by atoms with Gasteiger partial charge in [0.25, 0.3) is 5.56 Å². The van der Waals surface area contributed by atoms with Crippen LogP contribution in [0, 0.1) is 6.92 Å². The Morgan fingerprint density at radius 3 is 2.95 bits per heavy atom. The molecular weight excluding hydrogens is 288 g/mol. The van der Waals surface area contributed by atoms with Crippen LogP contribution in [0.4, 0.5) is 0 Å². The van der Waals surface area contributed by atoms with Gasteiger partial charge in [0.05, 0.1) is 29.1 Å². The molecular formula is C14H18N4O2S. The van der Waals surface area contributed by atoms with Gasteiger partial charge in [0.2, 0.25) is 0 Å². The molecule has 0 N–H and O–H groups in total. The molecule has 6 nitrogen and oxygen atoms in total. The molecule has 3 rings (SSSR count). The van der Waals surface area contributed by atoms with E-state index in [0.717, 1.165) is 27.2 Å². The first-order chi connectivity index (χ1) is 10.1. The van der Waals surface area contributed by atoms with Crippen LogP contribution in [-0.2, 0) is 18.3 Å². The Morgan fingerprint density at radius 1 is 1.38 bits per heavy atom. The van der Waals surface area contributed by atoms with Gasteiger partial charge < -0.3 is 9.30 Å². The van der Waals surface area contributed by atoms with Crippen molar-refractivity contribution in [2.75, 3.05) is 13.2 Å². The summed E-state index contributed by atoms with van der Waals surface area (Å²) in [7, 11) is 1.88. The van der Waals surface area contributed by atoms with Gasteiger partial charge in [-0.3, -0.25) is 4.79 Å². The van der Waals surface area contributed by atoms with E-state index in [9.17, 15) is 4.79 Å². The summed E-state index contributed by atoms with van der Waals surface area (Å²) in [6.07, 6.45) is 2.73. The van der Waals surface area contributed by atoms with Gasteiger partial charge in [-0.2, -0.15) is 5.10 Å². The number of rotatable bonds is 5. The molecule has 0 aliphatic carbocycles. The zero-order chi connectivity index (χ0) is 15.0. The fourth-order valence-electron chi connectivity index (χ4n) is 2.45. The second-order valence-corrected chi connectivity index (χ2v) is 6.20. The van der Waals surface area contributed by atoms with Crippen LogP contribution in [0.5, 0.6) is 0 Å². The normalized spacial score (nSPS) is 11.8. The molecule has 0 unspecified atom stereocenters. The van der Waals surface area contributed by atoms with Crippen molar-refractivity contribution in [1.29, 1.82) is 0 Å². The Hall–Kier alpha value is -1.73. The predicted octanol–water partition coefficient (Wildman–Crippen LogP) is 2.08. The summed E-state index contributed by atoms with van der Waals surface area (Å²) in [4.78, 5) is 17.1. The maximum absolute atomic E-state index is 12.6. The van der Waals surface area contributed by atoms with Crippen molar-refractivity contribution >= 4 is 32.6 Å². The highest BCUT2D eigenvalue weighted by Gasteiger charge is 2.16. The molecule has 0 fully saturated rings. The van der Waals surface area contributed by atoms with Crippen LogP contribution < -0.4 is 5.56 Å².